The topological polar surface area (TPSA) is 42.0 Å². The van der Waals surface area contributed by atoms with E-state index in [1.807, 2.05) is 0 Å². The number of halogens is 2. The lowest BCUT2D eigenvalue weighted by Crippen LogP contribution is -2.10. The molecule has 2 heterocycles. The van der Waals surface area contributed by atoms with E-state index in [0.29, 0.717) is 20.9 Å². The van der Waals surface area contributed by atoms with E-state index in [4.69, 9.17) is 23.2 Å². The highest BCUT2D eigenvalue weighted by Crippen LogP contribution is 2.24. The van der Waals surface area contributed by atoms with Gasteiger partial charge in [-0.25, -0.2) is 4.98 Å². The maximum absolute atomic E-state index is 11.7. The van der Waals surface area contributed by atoms with E-state index in [2.05, 4.69) is 10.3 Å². The summed E-state index contributed by atoms with van der Waals surface area (Å²) in [7, 11) is 0. The molecule has 0 saturated carbocycles. The Kier molecular flexibility index (Phi) is 3.81. The number of thiazole rings is 1. The second-order valence-electron chi connectivity index (χ2n) is 2.83. The summed E-state index contributed by atoms with van der Waals surface area (Å²) in [5.41, 5.74) is 0.749. The van der Waals surface area contributed by atoms with E-state index in [9.17, 15) is 4.79 Å². The first kappa shape index (κ1) is 11.9. The van der Waals surface area contributed by atoms with E-state index >= 15 is 0 Å². The molecule has 0 saturated heterocycles. The number of hydrogen-bond donors (Lipinski definition) is 1. The molecule has 0 radical (unpaired) electrons. The lowest BCUT2D eigenvalue weighted by molar-refractivity contribution is 0.103. The fraction of sp³-hybridized carbons (Fsp3) is 0.111. The number of anilines is 1. The van der Waals surface area contributed by atoms with E-state index in [1.165, 1.54) is 22.7 Å². The Morgan fingerprint density at radius 2 is 2.31 bits per heavy atom. The molecular formula is C9H6Cl2N2OS2. The van der Waals surface area contributed by atoms with Crippen LogP contribution in [0.25, 0.3) is 0 Å². The zero-order chi connectivity index (χ0) is 11.5. The molecular weight excluding hydrogens is 287 g/mol. The van der Waals surface area contributed by atoms with Crippen LogP contribution in [0.2, 0.25) is 5.02 Å². The molecule has 16 heavy (non-hydrogen) atoms. The van der Waals surface area contributed by atoms with Gasteiger partial charge >= 0.3 is 0 Å². The third kappa shape index (κ3) is 2.55. The molecule has 2 rings (SSSR count). The Morgan fingerprint density at radius 1 is 1.50 bits per heavy atom. The number of rotatable bonds is 3. The second-order valence-corrected chi connectivity index (χ2v) is 5.28. The van der Waals surface area contributed by atoms with Crippen LogP contribution in [0, 0.1) is 0 Å². The number of alkyl halides is 1. The fourth-order valence-corrected chi connectivity index (χ4v) is 3.01. The predicted octanol–water partition coefficient (Wildman–Crippen LogP) is 3.85. The van der Waals surface area contributed by atoms with Crippen molar-refractivity contribution in [3.05, 3.63) is 32.4 Å². The normalized spacial score (nSPS) is 10.4. The summed E-state index contributed by atoms with van der Waals surface area (Å²) >= 11 is 14.1. The van der Waals surface area contributed by atoms with Crippen molar-refractivity contribution in [3.63, 3.8) is 0 Å². The molecule has 0 atom stereocenters. The highest BCUT2D eigenvalue weighted by atomic mass is 35.5. The molecule has 0 spiro atoms. The number of nitrogens with one attached hydrogen (secondary N) is 1. The zero-order valence-corrected chi connectivity index (χ0v) is 11.0. The highest BCUT2D eigenvalue weighted by molar-refractivity contribution is 7.14. The molecule has 3 nitrogen and oxygen atoms in total. The van der Waals surface area contributed by atoms with Crippen molar-refractivity contribution in [3.8, 4) is 0 Å². The Bertz CT molecular complexity index is 509. The fourth-order valence-electron chi connectivity index (χ4n) is 1.04. The van der Waals surface area contributed by atoms with Crippen molar-refractivity contribution in [1.29, 1.82) is 0 Å². The molecule has 1 N–H and O–H groups in total. The number of nitrogens with zero attached hydrogens (tertiary/aromatic N) is 1. The van der Waals surface area contributed by atoms with Crippen LogP contribution in [0.1, 0.15) is 15.4 Å². The molecule has 1 amide bonds. The van der Waals surface area contributed by atoms with Crippen LogP contribution in [0.5, 0.6) is 0 Å². The summed E-state index contributed by atoms with van der Waals surface area (Å²) in [6.07, 6.45) is 0. The van der Waals surface area contributed by atoms with Crippen LogP contribution < -0.4 is 5.32 Å². The van der Waals surface area contributed by atoms with Gasteiger partial charge in [0, 0.05) is 5.38 Å². The molecule has 0 aromatic carbocycles. The van der Waals surface area contributed by atoms with Gasteiger partial charge in [0.15, 0.2) is 5.13 Å². The molecule has 7 heteroatoms. The molecule has 2 aromatic heterocycles. The monoisotopic (exact) mass is 292 g/mol. The summed E-state index contributed by atoms with van der Waals surface area (Å²) < 4.78 is 0. The van der Waals surface area contributed by atoms with Gasteiger partial charge in [-0.3, -0.25) is 10.1 Å². The number of amides is 1. The molecule has 0 unspecified atom stereocenters. The Hall–Kier alpha value is -0.620. The van der Waals surface area contributed by atoms with E-state index in [1.54, 1.807) is 16.8 Å². The zero-order valence-electron chi connectivity index (χ0n) is 7.87. The quantitative estimate of drug-likeness (QED) is 0.873. The first-order valence-electron chi connectivity index (χ1n) is 4.25. The number of carbonyl (C=O) groups excluding carboxylic acids is 1. The van der Waals surface area contributed by atoms with Gasteiger partial charge in [0.05, 0.1) is 16.6 Å². The van der Waals surface area contributed by atoms with Crippen LogP contribution in [-0.4, -0.2) is 10.9 Å². The molecule has 0 aliphatic rings. The number of thiophene rings is 1. The molecule has 0 bridgehead atoms. The Labute approximate surface area is 110 Å². The predicted molar refractivity (Wildman–Crippen MR) is 69.0 cm³/mol. The van der Waals surface area contributed by atoms with Gasteiger partial charge in [-0.1, -0.05) is 11.6 Å². The van der Waals surface area contributed by atoms with Crippen LogP contribution in [0.4, 0.5) is 5.13 Å². The minimum absolute atomic E-state index is 0.240. The Balaban J connectivity index is 2.11. The van der Waals surface area contributed by atoms with Gasteiger partial charge in [-0.05, 0) is 11.4 Å². The van der Waals surface area contributed by atoms with Crippen molar-refractivity contribution in [2.24, 2.45) is 0 Å². The van der Waals surface area contributed by atoms with Gasteiger partial charge in [0.25, 0.3) is 5.91 Å². The number of carbonyl (C=O) groups is 1. The second kappa shape index (κ2) is 5.14. The average molecular weight is 293 g/mol. The van der Waals surface area contributed by atoms with Crippen molar-refractivity contribution < 1.29 is 4.79 Å². The van der Waals surface area contributed by atoms with Crippen LogP contribution in [0.15, 0.2) is 16.8 Å². The Morgan fingerprint density at radius 3 is 2.88 bits per heavy atom. The smallest absolute Gasteiger partial charge is 0.269 e. The maximum Gasteiger partial charge on any atom is 0.269 e. The van der Waals surface area contributed by atoms with E-state index in [-0.39, 0.29) is 5.91 Å². The molecule has 2 aromatic rings. The summed E-state index contributed by atoms with van der Waals surface area (Å²) in [5.74, 6) is 0.0991. The van der Waals surface area contributed by atoms with Crippen LogP contribution in [0.3, 0.4) is 0 Å². The minimum atomic E-state index is -0.240. The number of aromatic nitrogens is 1. The number of hydrogen-bond acceptors (Lipinski definition) is 4. The third-order valence-electron chi connectivity index (χ3n) is 1.73. The first-order valence-corrected chi connectivity index (χ1v) is 6.92. The van der Waals surface area contributed by atoms with Gasteiger partial charge in [0.2, 0.25) is 0 Å². The maximum atomic E-state index is 11.7. The summed E-state index contributed by atoms with van der Waals surface area (Å²) in [6, 6.07) is 1.69. The summed E-state index contributed by atoms with van der Waals surface area (Å²) in [5, 5.41) is 7.23. The first-order chi connectivity index (χ1) is 7.70. The van der Waals surface area contributed by atoms with E-state index < -0.39 is 0 Å². The van der Waals surface area contributed by atoms with Crippen molar-refractivity contribution in [1.82, 2.24) is 4.98 Å². The van der Waals surface area contributed by atoms with Gasteiger partial charge in [0.1, 0.15) is 4.88 Å². The lowest BCUT2D eigenvalue weighted by atomic mass is 10.4. The van der Waals surface area contributed by atoms with Crippen molar-refractivity contribution in [2.75, 3.05) is 5.32 Å². The van der Waals surface area contributed by atoms with Gasteiger partial charge in [-0.2, -0.15) is 0 Å². The molecule has 0 aliphatic heterocycles. The lowest BCUT2D eigenvalue weighted by Gasteiger charge is -1.98. The standard InChI is InChI=1S/C9H6Cl2N2OS2/c10-3-5-4-16-9(12-5)13-8(14)7-6(11)1-2-15-7/h1-2,4H,3H2,(H,12,13,14). The van der Waals surface area contributed by atoms with E-state index in [0.717, 1.165) is 5.69 Å². The van der Waals surface area contributed by atoms with Crippen molar-refractivity contribution >= 4 is 56.9 Å². The van der Waals surface area contributed by atoms with Crippen LogP contribution >= 0.6 is 45.9 Å². The largest absolute Gasteiger partial charge is 0.297 e. The third-order valence-corrected chi connectivity index (χ3v) is 4.15. The van der Waals surface area contributed by atoms with Crippen molar-refractivity contribution in [2.45, 2.75) is 5.88 Å². The van der Waals surface area contributed by atoms with Gasteiger partial charge in [-0.15, -0.1) is 34.3 Å². The SMILES string of the molecule is O=C(Nc1nc(CCl)cs1)c1sccc1Cl. The molecule has 84 valence electrons. The summed E-state index contributed by atoms with van der Waals surface area (Å²) in [6.45, 7) is 0. The molecule has 0 fully saturated rings. The molecule has 0 aliphatic carbocycles. The minimum Gasteiger partial charge on any atom is -0.297 e. The average Bonchev–Trinajstić information content (AvgIpc) is 2.86. The van der Waals surface area contributed by atoms with Gasteiger partial charge < -0.3 is 0 Å². The summed E-state index contributed by atoms with van der Waals surface area (Å²) in [4.78, 5) is 16.4. The highest BCUT2D eigenvalue weighted by Gasteiger charge is 2.13. The van der Waals surface area contributed by atoms with Crippen LogP contribution in [-0.2, 0) is 5.88 Å².